The lowest BCUT2D eigenvalue weighted by atomic mass is 10.0. The molecule has 1 aromatic rings. The van der Waals surface area contributed by atoms with E-state index in [-0.39, 0.29) is 24.6 Å². The number of amides is 1. The van der Waals surface area contributed by atoms with E-state index in [2.05, 4.69) is 4.74 Å². The molecule has 3 rings (SSSR count). The van der Waals surface area contributed by atoms with Crippen molar-refractivity contribution in [3.05, 3.63) is 24.3 Å². The minimum atomic E-state index is -4.89. The maximum absolute atomic E-state index is 14.2. The quantitative estimate of drug-likeness (QED) is 0.651. The van der Waals surface area contributed by atoms with Gasteiger partial charge in [-0.25, -0.2) is 22.0 Å². The fourth-order valence-electron chi connectivity index (χ4n) is 3.50. The van der Waals surface area contributed by atoms with Crippen molar-refractivity contribution in [2.75, 3.05) is 25.4 Å². The predicted octanol–water partition coefficient (Wildman–Crippen LogP) is 3.22. The highest BCUT2D eigenvalue weighted by Crippen LogP contribution is 2.33. The Kier molecular flexibility index (Phi) is 6.14. The van der Waals surface area contributed by atoms with Crippen molar-refractivity contribution < 1.29 is 44.6 Å². The van der Waals surface area contributed by atoms with Gasteiger partial charge in [0.25, 0.3) is 5.92 Å². The van der Waals surface area contributed by atoms with E-state index >= 15 is 0 Å². The molecule has 2 fully saturated rings. The van der Waals surface area contributed by atoms with Gasteiger partial charge in [0.1, 0.15) is 11.5 Å². The van der Waals surface area contributed by atoms with Crippen molar-refractivity contribution in [2.24, 2.45) is 0 Å². The summed E-state index contributed by atoms with van der Waals surface area (Å²) in [5.41, 5.74) is 0. The Morgan fingerprint density at radius 2 is 1.73 bits per heavy atom. The lowest BCUT2D eigenvalue weighted by Crippen LogP contribution is -2.59. The molecule has 1 aromatic carbocycles. The van der Waals surface area contributed by atoms with Gasteiger partial charge in [0.15, 0.2) is 0 Å². The number of hydrogen-bond donors (Lipinski definition) is 0. The maximum atomic E-state index is 14.2. The van der Waals surface area contributed by atoms with Gasteiger partial charge in [-0.15, -0.1) is 13.2 Å². The van der Waals surface area contributed by atoms with E-state index in [1.165, 1.54) is 0 Å². The predicted molar refractivity (Wildman–Crippen MR) is 93.8 cm³/mol. The van der Waals surface area contributed by atoms with E-state index < -0.39 is 53.2 Å². The smallest absolute Gasteiger partial charge is 0.410 e. The second kappa shape index (κ2) is 8.17. The summed E-state index contributed by atoms with van der Waals surface area (Å²) in [7, 11) is -3.69. The molecule has 2 saturated heterocycles. The SMILES string of the molecule is O=C(Oc1ccc(OC(F)(F)F)cc1)N1C[C@H](N2CCCCS2(=O)=O)CC(F)(F)C1. The summed E-state index contributed by atoms with van der Waals surface area (Å²) in [6, 6.07) is 2.77. The molecule has 7 nitrogen and oxygen atoms in total. The van der Waals surface area contributed by atoms with Gasteiger partial charge in [0, 0.05) is 25.6 Å². The highest BCUT2D eigenvalue weighted by Gasteiger charge is 2.47. The molecule has 168 valence electrons. The Morgan fingerprint density at radius 3 is 2.33 bits per heavy atom. The molecule has 2 heterocycles. The van der Waals surface area contributed by atoms with Crippen molar-refractivity contribution in [1.29, 1.82) is 0 Å². The molecular weight excluding hydrogens is 439 g/mol. The number of likely N-dealkylation sites (tertiary alicyclic amines) is 1. The number of benzene rings is 1. The number of rotatable bonds is 3. The molecule has 0 spiro atoms. The number of carbonyl (C=O) groups is 1. The van der Waals surface area contributed by atoms with Crippen LogP contribution < -0.4 is 9.47 Å². The number of carbonyl (C=O) groups excluding carboxylic acids is 1. The topological polar surface area (TPSA) is 76.2 Å². The fourth-order valence-corrected chi connectivity index (χ4v) is 5.30. The van der Waals surface area contributed by atoms with Crippen LogP contribution in [0.2, 0.25) is 0 Å². The Hall–Kier alpha value is -2.15. The Balaban J connectivity index is 1.69. The zero-order valence-electron chi connectivity index (χ0n) is 15.6. The van der Waals surface area contributed by atoms with Crippen LogP contribution in [0.15, 0.2) is 24.3 Å². The third-order valence-electron chi connectivity index (χ3n) is 4.70. The average Bonchev–Trinajstić information content (AvgIpc) is 2.60. The van der Waals surface area contributed by atoms with Crippen molar-refractivity contribution >= 4 is 16.1 Å². The second-order valence-electron chi connectivity index (χ2n) is 7.12. The fraction of sp³-hybridized carbons (Fsp3) is 0.588. The number of nitrogens with zero attached hydrogens (tertiary/aromatic N) is 2. The standard InChI is InChI=1S/C17H19F5N2O5S/c18-16(19)9-12(24-7-1-2-8-30(24,26)27)10-23(11-16)15(25)28-13-3-5-14(6-4-13)29-17(20,21)22/h3-6,12H,1-2,7-11H2/t12-/m1/s1. The van der Waals surface area contributed by atoms with E-state index in [0.717, 1.165) is 28.6 Å². The summed E-state index contributed by atoms with van der Waals surface area (Å²) >= 11 is 0. The van der Waals surface area contributed by atoms with Gasteiger partial charge in [0.05, 0.1) is 12.3 Å². The summed E-state index contributed by atoms with van der Waals surface area (Å²) < 4.78 is 99.2. The second-order valence-corrected chi connectivity index (χ2v) is 9.16. The molecule has 0 aromatic heterocycles. The number of piperidine rings is 1. The van der Waals surface area contributed by atoms with Crippen LogP contribution in [-0.4, -0.2) is 67.4 Å². The van der Waals surface area contributed by atoms with Crippen LogP contribution in [-0.2, 0) is 10.0 Å². The van der Waals surface area contributed by atoms with E-state index in [1.54, 1.807) is 0 Å². The normalized spacial score (nSPS) is 24.3. The van der Waals surface area contributed by atoms with Gasteiger partial charge in [-0.3, -0.25) is 0 Å². The first-order valence-corrected chi connectivity index (χ1v) is 10.7. The average molecular weight is 458 g/mol. The van der Waals surface area contributed by atoms with Crippen LogP contribution >= 0.6 is 0 Å². The summed E-state index contributed by atoms with van der Waals surface area (Å²) in [6.45, 7) is -1.12. The highest BCUT2D eigenvalue weighted by atomic mass is 32.2. The summed E-state index contributed by atoms with van der Waals surface area (Å²) in [6.07, 6.45) is -5.76. The lowest BCUT2D eigenvalue weighted by Gasteiger charge is -2.42. The first kappa shape index (κ1) is 22.5. The Labute approximate surface area is 169 Å². The number of halogens is 5. The van der Waals surface area contributed by atoms with E-state index in [4.69, 9.17) is 4.74 Å². The molecule has 13 heteroatoms. The van der Waals surface area contributed by atoms with Crippen LogP contribution in [0, 0.1) is 0 Å². The van der Waals surface area contributed by atoms with Gasteiger partial charge in [-0.2, -0.15) is 4.31 Å². The first-order chi connectivity index (χ1) is 13.8. The molecule has 30 heavy (non-hydrogen) atoms. The maximum Gasteiger partial charge on any atom is 0.573 e. The van der Waals surface area contributed by atoms with Gasteiger partial charge < -0.3 is 14.4 Å². The first-order valence-electron chi connectivity index (χ1n) is 9.05. The molecule has 0 aliphatic carbocycles. The number of alkyl halides is 5. The molecule has 0 bridgehead atoms. The van der Waals surface area contributed by atoms with Gasteiger partial charge >= 0.3 is 12.5 Å². The van der Waals surface area contributed by atoms with Crippen LogP contribution in [0.25, 0.3) is 0 Å². The molecule has 1 amide bonds. The molecule has 0 N–H and O–H groups in total. The van der Waals surface area contributed by atoms with E-state index in [9.17, 15) is 35.2 Å². The molecule has 1 atom stereocenters. The van der Waals surface area contributed by atoms with Gasteiger partial charge in [-0.1, -0.05) is 0 Å². The van der Waals surface area contributed by atoms with Crippen LogP contribution in [0.4, 0.5) is 26.7 Å². The number of hydrogen-bond acceptors (Lipinski definition) is 5. The van der Waals surface area contributed by atoms with E-state index in [1.807, 2.05) is 0 Å². The van der Waals surface area contributed by atoms with Crippen molar-refractivity contribution in [3.63, 3.8) is 0 Å². The Morgan fingerprint density at radius 1 is 1.10 bits per heavy atom. The minimum absolute atomic E-state index is 0.104. The van der Waals surface area contributed by atoms with Crippen molar-refractivity contribution in [1.82, 2.24) is 9.21 Å². The molecule has 0 saturated carbocycles. The zero-order valence-corrected chi connectivity index (χ0v) is 16.4. The Bertz CT molecular complexity index is 876. The van der Waals surface area contributed by atoms with Crippen molar-refractivity contribution in [3.8, 4) is 11.5 Å². The molecule has 2 aliphatic rings. The zero-order chi connectivity index (χ0) is 22.2. The van der Waals surface area contributed by atoms with E-state index in [0.29, 0.717) is 17.7 Å². The van der Waals surface area contributed by atoms with Crippen LogP contribution in [0.5, 0.6) is 11.5 Å². The summed E-state index contributed by atoms with van der Waals surface area (Å²) in [5, 5.41) is 0. The molecular formula is C17H19F5N2O5S. The number of sulfonamides is 1. The summed E-state index contributed by atoms with van der Waals surface area (Å²) in [5.74, 6) is -4.17. The number of ether oxygens (including phenoxy) is 2. The minimum Gasteiger partial charge on any atom is -0.410 e. The third-order valence-corrected chi connectivity index (χ3v) is 6.70. The van der Waals surface area contributed by atoms with Gasteiger partial charge in [-0.05, 0) is 37.1 Å². The van der Waals surface area contributed by atoms with Crippen LogP contribution in [0.1, 0.15) is 19.3 Å². The molecule has 0 radical (unpaired) electrons. The monoisotopic (exact) mass is 458 g/mol. The molecule has 2 aliphatic heterocycles. The van der Waals surface area contributed by atoms with Gasteiger partial charge in [0.2, 0.25) is 10.0 Å². The lowest BCUT2D eigenvalue weighted by molar-refractivity contribution is -0.274. The molecule has 0 unspecified atom stereocenters. The largest absolute Gasteiger partial charge is 0.573 e. The van der Waals surface area contributed by atoms with Crippen molar-refractivity contribution in [2.45, 2.75) is 37.6 Å². The van der Waals surface area contributed by atoms with Crippen LogP contribution in [0.3, 0.4) is 0 Å². The summed E-state index contributed by atoms with van der Waals surface area (Å²) in [4.78, 5) is 13.1. The highest BCUT2D eigenvalue weighted by molar-refractivity contribution is 7.89. The third kappa shape index (κ3) is 5.72.